The molecule has 3 unspecified atom stereocenters. The van der Waals surface area contributed by atoms with Crippen LogP contribution in [0.15, 0.2) is 48.5 Å². The van der Waals surface area contributed by atoms with Crippen LogP contribution in [-0.4, -0.2) is 53.2 Å². The average Bonchev–Trinajstić information content (AvgIpc) is 3.56. The molecule has 1 heterocycles. The Morgan fingerprint density at radius 2 is 1.71 bits per heavy atom. The van der Waals surface area contributed by atoms with E-state index in [1.54, 1.807) is 6.92 Å². The van der Waals surface area contributed by atoms with Gasteiger partial charge in [-0.15, -0.1) is 0 Å². The molecule has 3 aliphatic rings. The number of piperidine rings is 1. The first-order valence-electron chi connectivity index (χ1n) is 12.0. The van der Waals surface area contributed by atoms with E-state index in [4.69, 9.17) is 4.74 Å². The summed E-state index contributed by atoms with van der Waals surface area (Å²) in [6.45, 7) is 2.71. The number of likely N-dealkylation sites (tertiary alicyclic amines) is 1. The second-order valence-electron chi connectivity index (χ2n) is 9.83. The zero-order valence-corrected chi connectivity index (χ0v) is 19.3. The van der Waals surface area contributed by atoms with Crippen LogP contribution in [0.5, 0.6) is 0 Å². The highest BCUT2D eigenvalue weighted by Crippen LogP contribution is 2.45. The number of hydrogen-bond acceptors (Lipinski definition) is 4. The van der Waals surface area contributed by atoms with Crippen LogP contribution in [0.3, 0.4) is 0 Å². The van der Waals surface area contributed by atoms with E-state index in [1.165, 1.54) is 16.0 Å². The molecular weight excluding hydrogens is 432 g/mol. The lowest BCUT2D eigenvalue weighted by Crippen LogP contribution is -2.58. The molecule has 0 aromatic heterocycles. The summed E-state index contributed by atoms with van der Waals surface area (Å²) in [6, 6.07) is 16.4. The predicted octanol–water partition coefficient (Wildman–Crippen LogP) is 4.02. The van der Waals surface area contributed by atoms with Crippen molar-refractivity contribution in [3.8, 4) is 11.1 Å². The zero-order chi connectivity index (χ0) is 23.9. The van der Waals surface area contributed by atoms with Crippen LogP contribution in [0.25, 0.3) is 11.1 Å². The maximum atomic E-state index is 13.0. The van der Waals surface area contributed by atoms with E-state index in [0.29, 0.717) is 25.9 Å². The molecular formula is C27H30N2O5. The van der Waals surface area contributed by atoms with Crippen LogP contribution in [0, 0.1) is 11.8 Å². The molecule has 0 bridgehead atoms. The van der Waals surface area contributed by atoms with Gasteiger partial charge in [-0.3, -0.25) is 4.79 Å². The number of alkyl carbamates (subject to hydrolysis) is 1. The van der Waals surface area contributed by atoms with Gasteiger partial charge in [0.25, 0.3) is 0 Å². The summed E-state index contributed by atoms with van der Waals surface area (Å²) in [4.78, 5) is 38.7. The monoisotopic (exact) mass is 462 g/mol. The number of nitrogens with one attached hydrogen (secondary N) is 1. The lowest BCUT2D eigenvalue weighted by Gasteiger charge is -2.41. The van der Waals surface area contributed by atoms with Crippen molar-refractivity contribution < 1.29 is 24.2 Å². The summed E-state index contributed by atoms with van der Waals surface area (Å²) in [5.41, 5.74) is 3.54. The van der Waals surface area contributed by atoms with Crippen molar-refractivity contribution in [2.24, 2.45) is 11.8 Å². The van der Waals surface area contributed by atoms with Crippen LogP contribution in [0.2, 0.25) is 0 Å². The number of rotatable bonds is 6. The van der Waals surface area contributed by atoms with Crippen molar-refractivity contribution in [3.05, 3.63) is 59.7 Å². The van der Waals surface area contributed by atoms with E-state index in [1.807, 2.05) is 24.3 Å². The summed E-state index contributed by atoms with van der Waals surface area (Å²) in [5, 5.41) is 12.5. The molecule has 5 rings (SSSR count). The molecule has 7 heteroatoms. The minimum atomic E-state index is -1.14. The first-order valence-corrected chi connectivity index (χ1v) is 12.0. The largest absolute Gasteiger partial charge is 0.480 e. The molecule has 2 aromatic rings. The van der Waals surface area contributed by atoms with Crippen molar-refractivity contribution in [1.82, 2.24) is 10.2 Å². The van der Waals surface area contributed by atoms with Crippen LogP contribution < -0.4 is 5.32 Å². The van der Waals surface area contributed by atoms with Crippen molar-refractivity contribution in [3.63, 3.8) is 0 Å². The summed E-state index contributed by atoms with van der Waals surface area (Å²) in [7, 11) is 0. The Morgan fingerprint density at radius 1 is 1.06 bits per heavy atom. The lowest BCUT2D eigenvalue weighted by atomic mass is 9.88. The normalized spacial score (nSPS) is 25.3. The zero-order valence-electron chi connectivity index (χ0n) is 19.3. The molecule has 2 aromatic carbocycles. The third kappa shape index (κ3) is 3.93. The Hall–Kier alpha value is -3.35. The number of carboxylic acids is 1. The SMILES string of the molecule is CC1(C(=O)O)CCCCN1C(=O)C1CC1CNC(=O)OCC1c2ccccc2-c2ccccc21. The second kappa shape index (κ2) is 8.78. The van der Waals surface area contributed by atoms with Crippen molar-refractivity contribution in [2.45, 2.75) is 44.1 Å². The van der Waals surface area contributed by atoms with Gasteiger partial charge in [-0.05, 0) is 60.8 Å². The fraction of sp³-hybridized carbons (Fsp3) is 0.444. The van der Waals surface area contributed by atoms with Gasteiger partial charge in [0, 0.05) is 24.9 Å². The first kappa shape index (κ1) is 22.4. The number of amides is 2. The number of carboxylic acid groups (broad SMARTS) is 1. The third-order valence-electron chi connectivity index (χ3n) is 7.71. The summed E-state index contributed by atoms with van der Waals surface area (Å²) in [5.74, 6) is -1.27. The topological polar surface area (TPSA) is 95.9 Å². The van der Waals surface area contributed by atoms with Gasteiger partial charge in [-0.1, -0.05) is 48.5 Å². The highest BCUT2D eigenvalue weighted by atomic mass is 16.5. The molecule has 2 aliphatic carbocycles. The molecule has 1 saturated heterocycles. The summed E-state index contributed by atoms with van der Waals surface area (Å²) < 4.78 is 5.57. The molecule has 1 aliphatic heterocycles. The molecule has 0 radical (unpaired) electrons. The number of carbonyl (C=O) groups is 3. The quantitative estimate of drug-likeness (QED) is 0.676. The minimum absolute atomic E-state index is 0.00111. The summed E-state index contributed by atoms with van der Waals surface area (Å²) in [6.07, 6.45) is 2.28. The van der Waals surface area contributed by atoms with Gasteiger partial charge >= 0.3 is 12.1 Å². The second-order valence-corrected chi connectivity index (χ2v) is 9.83. The predicted molar refractivity (Wildman–Crippen MR) is 126 cm³/mol. The van der Waals surface area contributed by atoms with Crippen LogP contribution >= 0.6 is 0 Å². The maximum Gasteiger partial charge on any atom is 0.407 e. The van der Waals surface area contributed by atoms with E-state index in [9.17, 15) is 19.5 Å². The van der Waals surface area contributed by atoms with Gasteiger partial charge in [0.15, 0.2) is 0 Å². The smallest absolute Gasteiger partial charge is 0.407 e. The number of carbonyl (C=O) groups excluding carboxylic acids is 2. The minimum Gasteiger partial charge on any atom is -0.480 e. The first-order chi connectivity index (χ1) is 16.4. The van der Waals surface area contributed by atoms with Crippen molar-refractivity contribution >= 4 is 18.0 Å². The molecule has 1 saturated carbocycles. The summed E-state index contributed by atoms with van der Waals surface area (Å²) >= 11 is 0. The number of benzene rings is 2. The Bertz CT molecular complexity index is 1090. The average molecular weight is 463 g/mol. The fourth-order valence-electron chi connectivity index (χ4n) is 5.54. The lowest BCUT2D eigenvalue weighted by molar-refractivity contribution is -0.161. The van der Waals surface area contributed by atoms with Gasteiger partial charge in [-0.25, -0.2) is 9.59 Å². The Kier molecular flexibility index (Phi) is 5.80. The highest BCUT2D eigenvalue weighted by molar-refractivity contribution is 5.89. The molecule has 0 spiro atoms. The fourth-order valence-corrected chi connectivity index (χ4v) is 5.54. The van der Waals surface area contributed by atoms with Crippen LogP contribution in [0.4, 0.5) is 4.79 Å². The van der Waals surface area contributed by atoms with Gasteiger partial charge in [0.05, 0.1) is 0 Å². The van der Waals surface area contributed by atoms with E-state index in [-0.39, 0.29) is 30.3 Å². The number of fused-ring (bicyclic) bond motifs is 3. The maximum absolute atomic E-state index is 13.0. The highest BCUT2D eigenvalue weighted by Gasteiger charge is 2.51. The molecule has 178 valence electrons. The van der Waals surface area contributed by atoms with Gasteiger partial charge in [-0.2, -0.15) is 0 Å². The number of nitrogens with zero attached hydrogens (tertiary/aromatic N) is 1. The van der Waals surface area contributed by atoms with Crippen molar-refractivity contribution in [2.75, 3.05) is 19.7 Å². The molecule has 3 atom stereocenters. The van der Waals surface area contributed by atoms with Gasteiger partial charge < -0.3 is 20.1 Å². The molecule has 2 N–H and O–H groups in total. The van der Waals surface area contributed by atoms with Crippen molar-refractivity contribution in [1.29, 1.82) is 0 Å². The van der Waals surface area contributed by atoms with E-state index < -0.39 is 17.6 Å². The van der Waals surface area contributed by atoms with Crippen LogP contribution in [-0.2, 0) is 14.3 Å². The van der Waals surface area contributed by atoms with Gasteiger partial charge in [0.1, 0.15) is 12.1 Å². The van der Waals surface area contributed by atoms with Crippen LogP contribution in [0.1, 0.15) is 49.7 Å². The third-order valence-corrected chi connectivity index (χ3v) is 7.71. The van der Waals surface area contributed by atoms with Gasteiger partial charge in [0.2, 0.25) is 5.91 Å². The Balaban J connectivity index is 1.14. The number of hydrogen-bond donors (Lipinski definition) is 2. The van der Waals surface area contributed by atoms with E-state index >= 15 is 0 Å². The number of aliphatic carboxylic acids is 1. The van der Waals surface area contributed by atoms with E-state index in [0.717, 1.165) is 24.0 Å². The molecule has 7 nitrogen and oxygen atoms in total. The molecule has 2 fully saturated rings. The molecule has 34 heavy (non-hydrogen) atoms. The standard InChI is InChI=1S/C27H30N2O5/c1-27(25(31)32)12-6-7-13-29(27)24(30)22-14-17(22)15-28-26(33)34-16-23-20-10-4-2-8-18(20)19-9-3-5-11-21(19)23/h2-5,8-11,17,22-23H,6-7,12-16H2,1H3,(H,28,33)(H,31,32). The Morgan fingerprint density at radius 3 is 2.35 bits per heavy atom. The van der Waals surface area contributed by atoms with E-state index in [2.05, 4.69) is 29.6 Å². The Labute approximate surface area is 199 Å². The number of ether oxygens (including phenoxy) is 1. The molecule has 2 amide bonds.